The van der Waals surface area contributed by atoms with Crippen molar-refractivity contribution in [3.05, 3.63) is 86.9 Å². The van der Waals surface area contributed by atoms with Crippen molar-refractivity contribution in [3.63, 3.8) is 0 Å². The van der Waals surface area contributed by atoms with Crippen LogP contribution in [0.15, 0.2) is 75.3 Å². The highest BCUT2D eigenvalue weighted by atomic mass is 35.5. The van der Waals surface area contributed by atoms with Gasteiger partial charge in [-0.2, -0.15) is 0 Å². The predicted octanol–water partition coefficient (Wildman–Crippen LogP) is 7.52. The Morgan fingerprint density at radius 3 is 2.50 bits per heavy atom. The lowest BCUT2D eigenvalue weighted by molar-refractivity contribution is -0.0261. The Bertz CT molecular complexity index is 1360. The molecular formula is C30H33Cl2NO4S. The molecule has 2 aromatic carbocycles. The van der Waals surface area contributed by atoms with E-state index >= 15 is 0 Å². The van der Waals surface area contributed by atoms with Gasteiger partial charge in [0.1, 0.15) is 17.1 Å². The lowest BCUT2D eigenvalue weighted by atomic mass is 9.84. The van der Waals surface area contributed by atoms with Crippen molar-refractivity contribution in [2.45, 2.75) is 44.1 Å². The second kappa shape index (κ2) is 13.1. The number of likely N-dealkylation sites (tertiary alicyclic amines) is 1. The molecule has 0 unspecified atom stereocenters. The third-order valence-electron chi connectivity index (χ3n) is 7.16. The van der Waals surface area contributed by atoms with Gasteiger partial charge >= 0.3 is 0 Å². The van der Waals surface area contributed by atoms with E-state index in [1.807, 2.05) is 53.9 Å². The van der Waals surface area contributed by atoms with Gasteiger partial charge < -0.3 is 19.2 Å². The van der Waals surface area contributed by atoms with Crippen LogP contribution in [0.3, 0.4) is 0 Å². The van der Waals surface area contributed by atoms with Crippen LogP contribution >= 0.6 is 35.3 Å². The predicted molar refractivity (Wildman–Crippen MR) is 158 cm³/mol. The van der Waals surface area contributed by atoms with Gasteiger partial charge in [-0.3, -0.25) is 4.79 Å². The molecule has 0 radical (unpaired) electrons. The average Bonchev–Trinajstić information content (AvgIpc) is 3.45. The molecule has 38 heavy (non-hydrogen) atoms. The van der Waals surface area contributed by atoms with Crippen LogP contribution in [-0.4, -0.2) is 36.2 Å². The highest BCUT2D eigenvalue weighted by Crippen LogP contribution is 2.33. The standard InChI is InChI=1S/C30H32ClNO4S.ClH/c31-23-9-7-22(8-10-23)30(34)13-16-32(17-14-30)15-3-1-2-4-18-35-24-11-12-27-25(20-24)26(33)21-28(36-27)29-6-5-19-37-29;/h5-12,19-21,34H,1-4,13-18H2;1H. The third-order valence-corrected chi connectivity index (χ3v) is 8.30. The molecule has 4 aromatic rings. The van der Waals surface area contributed by atoms with E-state index in [0.29, 0.717) is 34.1 Å². The first-order valence-electron chi connectivity index (χ1n) is 13.0. The number of aliphatic hydroxyl groups is 1. The van der Waals surface area contributed by atoms with E-state index in [0.717, 1.165) is 68.6 Å². The normalized spacial score (nSPS) is 15.3. The highest BCUT2D eigenvalue weighted by Gasteiger charge is 2.33. The van der Waals surface area contributed by atoms with Gasteiger partial charge in [0.05, 0.1) is 22.5 Å². The molecular weight excluding hydrogens is 541 g/mol. The van der Waals surface area contributed by atoms with E-state index in [2.05, 4.69) is 4.90 Å². The van der Waals surface area contributed by atoms with Gasteiger partial charge in [0.25, 0.3) is 0 Å². The van der Waals surface area contributed by atoms with E-state index in [1.165, 1.54) is 0 Å². The largest absolute Gasteiger partial charge is 0.494 e. The van der Waals surface area contributed by atoms with E-state index in [-0.39, 0.29) is 17.8 Å². The summed E-state index contributed by atoms with van der Waals surface area (Å²) < 4.78 is 11.8. The van der Waals surface area contributed by atoms with Crippen LogP contribution in [0, 0.1) is 0 Å². The fraction of sp³-hybridized carbons (Fsp3) is 0.367. The number of unbranched alkanes of at least 4 members (excludes halogenated alkanes) is 3. The first-order valence-corrected chi connectivity index (χ1v) is 14.2. The van der Waals surface area contributed by atoms with Crippen LogP contribution in [0.4, 0.5) is 0 Å². The fourth-order valence-corrected chi connectivity index (χ4v) is 5.75. The van der Waals surface area contributed by atoms with E-state index in [9.17, 15) is 9.90 Å². The molecule has 0 amide bonds. The average molecular weight is 575 g/mol. The van der Waals surface area contributed by atoms with Crippen molar-refractivity contribution < 1.29 is 14.3 Å². The molecule has 3 heterocycles. The minimum Gasteiger partial charge on any atom is -0.494 e. The number of nitrogens with zero attached hydrogens (tertiary/aromatic N) is 1. The maximum absolute atomic E-state index is 12.6. The molecule has 0 bridgehead atoms. The van der Waals surface area contributed by atoms with Crippen molar-refractivity contribution in [1.29, 1.82) is 0 Å². The van der Waals surface area contributed by atoms with Gasteiger partial charge in [0.15, 0.2) is 5.43 Å². The Morgan fingerprint density at radius 2 is 1.76 bits per heavy atom. The zero-order valence-electron chi connectivity index (χ0n) is 21.2. The Labute approximate surface area is 238 Å². The van der Waals surface area contributed by atoms with E-state index < -0.39 is 5.60 Å². The number of rotatable bonds is 10. The minimum absolute atomic E-state index is 0. The fourth-order valence-electron chi connectivity index (χ4n) is 4.94. The van der Waals surface area contributed by atoms with Crippen LogP contribution in [0.25, 0.3) is 21.6 Å². The van der Waals surface area contributed by atoms with E-state index in [4.69, 9.17) is 20.8 Å². The lowest BCUT2D eigenvalue weighted by Gasteiger charge is -2.38. The smallest absolute Gasteiger partial charge is 0.193 e. The van der Waals surface area contributed by atoms with Crippen LogP contribution in [0.2, 0.25) is 5.02 Å². The summed E-state index contributed by atoms with van der Waals surface area (Å²) in [4.78, 5) is 16.0. The topological polar surface area (TPSA) is 62.9 Å². The maximum atomic E-state index is 12.6. The molecule has 1 aliphatic heterocycles. The zero-order chi connectivity index (χ0) is 25.7. The third kappa shape index (κ3) is 6.99. The second-order valence-corrected chi connectivity index (χ2v) is 11.1. The number of ether oxygens (including phenoxy) is 1. The number of benzene rings is 2. The summed E-state index contributed by atoms with van der Waals surface area (Å²) in [5, 5.41) is 14.2. The van der Waals surface area contributed by atoms with Crippen LogP contribution in [0.5, 0.6) is 5.75 Å². The Morgan fingerprint density at radius 1 is 1.00 bits per heavy atom. The molecule has 0 spiro atoms. The molecule has 1 saturated heterocycles. The summed E-state index contributed by atoms with van der Waals surface area (Å²) in [6.45, 7) is 3.51. The van der Waals surface area contributed by atoms with Crippen molar-refractivity contribution in [1.82, 2.24) is 4.90 Å². The number of halogens is 2. The zero-order valence-corrected chi connectivity index (χ0v) is 23.6. The van der Waals surface area contributed by atoms with Gasteiger partial charge in [-0.15, -0.1) is 23.7 Å². The molecule has 1 aliphatic rings. The van der Waals surface area contributed by atoms with Crippen molar-refractivity contribution in [2.24, 2.45) is 0 Å². The van der Waals surface area contributed by atoms with Crippen LogP contribution in [0.1, 0.15) is 44.1 Å². The first kappa shape index (κ1) is 28.7. The van der Waals surface area contributed by atoms with Gasteiger partial charge in [0, 0.05) is 24.2 Å². The van der Waals surface area contributed by atoms with Crippen molar-refractivity contribution >= 4 is 46.3 Å². The van der Waals surface area contributed by atoms with Crippen LogP contribution < -0.4 is 10.2 Å². The molecule has 5 rings (SSSR count). The summed E-state index contributed by atoms with van der Waals surface area (Å²) in [5.74, 6) is 1.30. The summed E-state index contributed by atoms with van der Waals surface area (Å²) in [5.41, 5.74) is 0.744. The summed E-state index contributed by atoms with van der Waals surface area (Å²) >= 11 is 7.54. The molecule has 5 nitrogen and oxygen atoms in total. The molecule has 0 aliphatic carbocycles. The Balaban J connectivity index is 0.00000336. The Hall–Kier alpha value is -2.35. The van der Waals surface area contributed by atoms with Gasteiger partial charge in [-0.05, 0) is 79.6 Å². The minimum atomic E-state index is -0.742. The molecule has 1 N–H and O–H groups in total. The monoisotopic (exact) mass is 573 g/mol. The van der Waals surface area contributed by atoms with Gasteiger partial charge in [0.2, 0.25) is 0 Å². The van der Waals surface area contributed by atoms with Gasteiger partial charge in [-0.25, -0.2) is 0 Å². The van der Waals surface area contributed by atoms with Crippen LogP contribution in [-0.2, 0) is 5.60 Å². The number of hydrogen-bond acceptors (Lipinski definition) is 6. The van der Waals surface area contributed by atoms with Gasteiger partial charge in [-0.1, -0.05) is 42.6 Å². The molecule has 202 valence electrons. The quantitative estimate of drug-likeness (QED) is 0.199. The summed E-state index contributed by atoms with van der Waals surface area (Å²) in [7, 11) is 0. The molecule has 8 heteroatoms. The van der Waals surface area contributed by atoms with E-state index in [1.54, 1.807) is 23.5 Å². The molecule has 1 fully saturated rings. The summed E-state index contributed by atoms with van der Waals surface area (Å²) in [6.07, 6.45) is 5.86. The lowest BCUT2D eigenvalue weighted by Crippen LogP contribution is -2.42. The molecule has 0 atom stereocenters. The molecule has 2 aromatic heterocycles. The molecule has 0 saturated carbocycles. The highest BCUT2D eigenvalue weighted by molar-refractivity contribution is 7.13. The SMILES string of the molecule is Cl.O=c1cc(-c2cccs2)oc2ccc(OCCCCCCN3CCC(O)(c4ccc(Cl)cc4)CC3)cc12. The van der Waals surface area contributed by atoms with Crippen molar-refractivity contribution in [3.8, 4) is 16.4 Å². The maximum Gasteiger partial charge on any atom is 0.193 e. The summed E-state index contributed by atoms with van der Waals surface area (Å²) in [6, 6.07) is 18.5. The second-order valence-electron chi connectivity index (χ2n) is 9.75. The first-order chi connectivity index (χ1) is 18.0. The van der Waals surface area contributed by atoms with Crippen molar-refractivity contribution in [2.75, 3.05) is 26.2 Å². The number of hydrogen-bond donors (Lipinski definition) is 1. The Kier molecular flexibility index (Phi) is 9.91. The number of piperidine rings is 1. The number of thiophene rings is 1. The number of fused-ring (bicyclic) bond motifs is 1.